The van der Waals surface area contributed by atoms with E-state index in [1.807, 2.05) is 0 Å². The van der Waals surface area contributed by atoms with E-state index in [1.54, 1.807) is 18.2 Å². The molecular weight excluding hydrogens is 128 g/mol. The predicted octanol–water partition coefficient (Wildman–Crippen LogP) is 0.807. The second-order valence-electron chi connectivity index (χ2n) is 1.84. The fourth-order valence-electron chi connectivity index (χ4n) is 0.692. The van der Waals surface area contributed by atoms with E-state index in [2.05, 4.69) is 0 Å². The summed E-state index contributed by atoms with van der Waals surface area (Å²) in [6, 6.07) is 0. The number of allylic oxidation sites excluding steroid dienone is 6. The van der Waals surface area contributed by atoms with Gasteiger partial charge in [0.1, 0.15) is 6.29 Å². The number of carbonyl (C=O) groups excluding carboxylic acids is 2. The van der Waals surface area contributed by atoms with Gasteiger partial charge in [0, 0.05) is 5.57 Å². The van der Waals surface area contributed by atoms with E-state index < -0.39 is 0 Å². The average Bonchev–Trinajstić information content (AvgIpc) is 1.94. The molecule has 1 aliphatic rings. The summed E-state index contributed by atoms with van der Waals surface area (Å²) in [5.74, 6) is -0.116. The molecule has 0 aromatic rings. The van der Waals surface area contributed by atoms with Crippen LogP contribution in [-0.4, -0.2) is 12.1 Å². The second-order valence-corrected chi connectivity index (χ2v) is 1.84. The van der Waals surface area contributed by atoms with Crippen molar-refractivity contribution in [3.63, 3.8) is 0 Å². The van der Waals surface area contributed by atoms with Crippen LogP contribution in [-0.2, 0) is 9.59 Å². The van der Waals surface area contributed by atoms with Crippen molar-refractivity contribution < 1.29 is 9.59 Å². The van der Waals surface area contributed by atoms with Crippen LogP contribution in [0.15, 0.2) is 36.0 Å². The molecule has 10 heavy (non-hydrogen) atoms. The molecule has 0 radical (unpaired) electrons. The Morgan fingerprint density at radius 3 is 2.50 bits per heavy atom. The maximum atomic E-state index is 10.8. The standard InChI is InChI=1S/C8H6O2/c9-6-5-7-3-1-2-4-8(7)10/h1-6H. The molecule has 1 rings (SSSR count). The number of hydrogen-bond acceptors (Lipinski definition) is 2. The zero-order valence-electron chi connectivity index (χ0n) is 5.28. The predicted molar refractivity (Wildman–Crippen MR) is 37.4 cm³/mol. The minimum atomic E-state index is -0.116. The lowest BCUT2D eigenvalue weighted by Crippen LogP contribution is -1.98. The van der Waals surface area contributed by atoms with Crippen LogP contribution in [0.4, 0.5) is 0 Å². The molecule has 2 heteroatoms. The summed E-state index contributed by atoms with van der Waals surface area (Å²) < 4.78 is 0. The van der Waals surface area contributed by atoms with Gasteiger partial charge < -0.3 is 0 Å². The summed E-state index contributed by atoms with van der Waals surface area (Å²) in [5.41, 5.74) is 0.442. The molecule has 0 saturated heterocycles. The van der Waals surface area contributed by atoms with Crippen LogP contribution in [0.2, 0.25) is 0 Å². The normalized spacial score (nSPS) is 20.0. The van der Waals surface area contributed by atoms with Gasteiger partial charge in [-0.2, -0.15) is 0 Å². The molecule has 0 N–H and O–H groups in total. The Bertz CT molecular complexity index is 244. The molecule has 2 nitrogen and oxygen atoms in total. The minimum Gasteiger partial charge on any atom is -0.299 e. The third-order valence-corrected chi connectivity index (χ3v) is 1.17. The lowest BCUT2D eigenvalue weighted by Gasteiger charge is -1.96. The Labute approximate surface area is 58.5 Å². The van der Waals surface area contributed by atoms with Crippen molar-refractivity contribution in [2.24, 2.45) is 0 Å². The minimum absolute atomic E-state index is 0.116. The average molecular weight is 134 g/mol. The number of ketones is 1. The van der Waals surface area contributed by atoms with Gasteiger partial charge in [0.15, 0.2) is 5.78 Å². The number of aldehydes is 1. The zero-order valence-corrected chi connectivity index (χ0v) is 5.28. The molecule has 0 aromatic heterocycles. The molecule has 1 aliphatic carbocycles. The number of rotatable bonds is 1. The van der Waals surface area contributed by atoms with Gasteiger partial charge >= 0.3 is 0 Å². The SMILES string of the molecule is O=CC=C1C=CC=CC1=O. The van der Waals surface area contributed by atoms with Gasteiger partial charge in [-0.1, -0.05) is 18.2 Å². The monoisotopic (exact) mass is 134 g/mol. The Morgan fingerprint density at radius 2 is 1.90 bits per heavy atom. The third-order valence-electron chi connectivity index (χ3n) is 1.17. The van der Waals surface area contributed by atoms with Crippen molar-refractivity contribution in [1.29, 1.82) is 0 Å². The molecule has 50 valence electrons. The van der Waals surface area contributed by atoms with Crippen molar-refractivity contribution in [2.75, 3.05) is 0 Å². The van der Waals surface area contributed by atoms with Crippen LogP contribution in [0.5, 0.6) is 0 Å². The highest BCUT2D eigenvalue weighted by atomic mass is 16.1. The van der Waals surface area contributed by atoms with Crippen molar-refractivity contribution in [2.45, 2.75) is 0 Å². The highest BCUT2D eigenvalue weighted by Crippen LogP contribution is 2.04. The Balaban J connectivity index is 2.90. The van der Waals surface area contributed by atoms with E-state index in [0.29, 0.717) is 11.9 Å². The molecule has 0 heterocycles. The first kappa shape index (κ1) is 6.68. The molecule has 0 aliphatic heterocycles. The lowest BCUT2D eigenvalue weighted by molar-refractivity contribution is -0.111. The summed E-state index contributed by atoms with van der Waals surface area (Å²) in [7, 11) is 0. The lowest BCUT2D eigenvalue weighted by atomic mass is 10.1. The molecule has 0 fully saturated rings. The summed E-state index contributed by atoms with van der Waals surface area (Å²) >= 11 is 0. The first-order valence-electron chi connectivity index (χ1n) is 2.89. The van der Waals surface area contributed by atoms with E-state index in [9.17, 15) is 9.59 Å². The summed E-state index contributed by atoms with van der Waals surface area (Å²) in [5, 5.41) is 0. The summed E-state index contributed by atoms with van der Waals surface area (Å²) in [4.78, 5) is 20.8. The van der Waals surface area contributed by atoms with Gasteiger partial charge in [-0.25, -0.2) is 0 Å². The second kappa shape index (κ2) is 2.92. The maximum absolute atomic E-state index is 10.8. The quantitative estimate of drug-likeness (QED) is 0.392. The molecular formula is C8H6O2. The van der Waals surface area contributed by atoms with Crippen LogP contribution in [0.25, 0.3) is 0 Å². The highest BCUT2D eigenvalue weighted by molar-refractivity contribution is 6.09. The van der Waals surface area contributed by atoms with Gasteiger partial charge in [-0.15, -0.1) is 0 Å². The molecule has 0 atom stereocenters. The molecule has 0 bridgehead atoms. The molecule has 0 amide bonds. The molecule has 0 spiro atoms. The molecule has 0 unspecified atom stereocenters. The smallest absolute Gasteiger partial charge is 0.185 e. The van der Waals surface area contributed by atoms with Gasteiger partial charge in [0.05, 0.1) is 0 Å². The molecule has 0 saturated carbocycles. The molecule has 0 aromatic carbocycles. The Kier molecular flexibility index (Phi) is 1.95. The zero-order chi connectivity index (χ0) is 7.40. The fourth-order valence-corrected chi connectivity index (χ4v) is 0.692. The first-order valence-corrected chi connectivity index (χ1v) is 2.89. The number of hydrogen-bond donors (Lipinski definition) is 0. The van der Waals surface area contributed by atoms with E-state index >= 15 is 0 Å². The topological polar surface area (TPSA) is 34.1 Å². The van der Waals surface area contributed by atoms with Gasteiger partial charge in [-0.3, -0.25) is 9.59 Å². The van der Waals surface area contributed by atoms with Gasteiger partial charge in [0.25, 0.3) is 0 Å². The van der Waals surface area contributed by atoms with Crippen LogP contribution in [0.3, 0.4) is 0 Å². The van der Waals surface area contributed by atoms with Crippen molar-refractivity contribution in [3.05, 3.63) is 36.0 Å². The van der Waals surface area contributed by atoms with E-state index in [-0.39, 0.29) is 5.78 Å². The largest absolute Gasteiger partial charge is 0.299 e. The first-order chi connectivity index (χ1) is 4.84. The van der Waals surface area contributed by atoms with Crippen LogP contribution < -0.4 is 0 Å². The van der Waals surface area contributed by atoms with Crippen molar-refractivity contribution in [1.82, 2.24) is 0 Å². The third kappa shape index (κ3) is 1.29. The van der Waals surface area contributed by atoms with Crippen molar-refractivity contribution in [3.8, 4) is 0 Å². The highest BCUT2D eigenvalue weighted by Gasteiger charge is 2.02. The van der Waals surface area contributed by atoms with Gasteiger partial charge in [-0.05, 0) is 12.2 Å². The van der Waals surface area contributed by atoms with E-state index in [4.69, 9.17) is 0 Å². The van der Waals surface area contributed by atoms with Crippen LogP contribution in [0, 0.1) is 0 Å². The Hall–Kier alpha value is -1.44. The maximum Gasteiger partial charge on any atom is 0.185 e. The fraction of sp³-hybridized carbons (Fsp3) is 0. The summed E-state index contributed by atoms with van der Waals surface area (Å²) in [6.07, 6.45) is 8.26. The van der Waals surface area contributed by atoms with E-state index in [0.717, 1.165) is 0 Å². The summed E-state index contributed by atoms with van der Waals surface area (Å²) in [6.45, 7) is 0. The number of carbonyl (C=O) groups is 2. The van der Waals surface area contributed by atoms with Crippen LogP contribution in [0.1, 0.15) is 0 Å². The van der Waals surface area contributed by atoms with E-state index in [1.165, 1.54) is 12.2 Å². The van der Waals surface area contributed by atoms with Gasteiger partial charge in [0.2, 0.25) is 0 Å². The Morgan fingerprint density at radius 1 is 1.20 bits per heavy atom. The van der Waals surface area contributed by atoms with Crippen LogP contribution >= 0.6 is 0 Å². The van der Waals surface area contributed by atoms with Crippen molar-refractivity contribution >= 4 is 12.1 Å².